The third kappa shape index (κ3) is 11.6. The minimum absolute atomic E-state index is 0.0234. The Kier molecular flexibility index (Phi) is 15.1. The number of rotatable bonds is 18. The van der Waals surface area contributed by atoms with E-state index in [0.717, 1.165) is 11.6 Å². The number of alkyl halides is 2. The molecular formula is C37H56F2O6Si. The highest BCUT2D eigenvalue weighted by molar-refractivity contribution is 6.74. The Labute approximate surface area is 276 Å². The zero-order valence-electron chi connectivity index (χ0n) is 29.2. The summed E-state index contributed by atoms with van der Waals surface area (Å²) in [5, 5.41) is 9.40. The number of hydrogen-bond donors (Lipinski definition) is 1. The van der Waals surface area contributed by atoms with Gasteiger partial charge in [0, 0.05) is 18.3 Å². The van der Waals surface area contributed by atoms with Gasteiger partial charge in [0.1, 0.15) is 17.6 Å². The van der Waals surface area contributed by atoms with Gasteiger partial charge < -0.3 is 19.0 Å². The van der Waals surface area contributed by atoms with Gasteiger partial charge in [-0.1, -0.05) is 84.1 Å². The summed E-state index contributed by atoms with van der Waals surface area (Å²) in [5.74, 6) is -4.64. The van der Waals surface area contributed by atoms with Crippen LogP contribution in [-0.2, 0) is 25.4 Å². The van der Waals surface area contributed by atoms with Crippen molar-refractivity contribution in [1.29, 1.82) is 0 Å². The molecule has 1 aromatic rings. The van der Waals surface area contributed by atoms with E-state index in [1.54, 1.807) is 44.4 Å². The Morgan fingerprint density at radius 1 is 1.11 bits per heavy atom. The fourth-order valence-electron chi connectivity index (χ4n) is 5.36. The highest BCUT2D eigenvalue weighted by Gasteiger charge is 2.47. The van der Waals surface area contributed by atoms with Gasteiger partial charge in [-0.2, -0.15) is 8.78 Å². The number of ketones is 1. The summed E-state index contributed by atoms with van der Waals surface area (Å²) in [6.45, 7) is 16.2. The van der Waals surface area contributed by atoms with E-state index in [1.165, 1.54) is 12.2 Å². The summed E-state index contributed by atoms with van der Waals surface area (Å²) >= 11 is 0. The van der Waals surface area contributed by atoms with Gasteiger partial charge in [0.25, 0.3) is 5.92 Å². The molecule has 1 aliphatic rings. The van der Waals surface area contributed by atoms with E-state index in [4.69, 9.17) is 13.9 Å². The van der Waals surface area contributed by atoms with Crippen LogP contribution in [0.15, 0.2) is 60.7 Å². The molecule has 2 rings (SSSR count). The zero-order chi connectivity index (χ0) is 34.7. The fraction of sp³-hybridized carbons (Fsp3) is 0.622. The van der Waals surface area contributed by atoms with Crippen molar-refractivity contribution in [3.05, 3.63) is 66.3 Å². The first-order chi connectivity index (χ1) is 21.4. The number of Topliss-reactive ketones (excluding diaryl/α,β-unsaturated/α-hetero) is 1. The van der Waals surface area contributed by atoms with Crippen molar-refractivity contribution < 1.29 is 37.4 Å². The average Bonchev–Trinajstić information content (AvgIpc) is 3.25. The van der Waals surface area contributed by atoms with E-state index in [-0.39, 0.29) is 29.8 Å². The minimum atomic E-state index is -3.27. The predicted molar refractivity (Wildman–Crippen MR) is 183 cm³/mol. The molecule has 0 radical (unpaired) electrons. The Balaban J connectivity index is 2.37. The number of hydrogen-bond acceptors (Lipinski definition) is 5. The minimum Gasteiger partial charge on any atom is -0.497 e. The smallest absolute Gasteiger partial charge is 0.306 e. The first-order valence-electron chi connectivity index (χ1n) is 16.5. The standard InChI is InChI=1S/C37H56F2O6Si/c1-10-11-23-37(38,39)34(44-25-27-17-19-28(43-7)20-18-27)22-21-31-30(16-14-12-13-15-29(26(2)3)35(41)42)32(40)24-33(31)45-46(8,9)36(4,5)6/h11-12,14,17-23,26,29-31,33-34H,10,13,15-16,24-25H2,1-9H3,(H,41,42)/b14-12-,22-21+,23-11+/t29?,30-,31-,33-,34?/m1/s1. The molecule has 5 atom stereocenters. The lowest BCUT2D eigenvalue weighted by Crippen LogP contribution is -2.45. The van der Waals surface area contributed by atoms with Crippen molar-refractivity contribution in [2.75, 3.05) is 7.11 Å². The molecule has 1 saturated carbocycles. The Bertz CT molecular complexity index is 1200. The number of carboxylic acids is 1. The van der Waals surface area contributed by atoms with Gasteiger partial charge in [-0.3, -0.25) is 9.59 Å². The number of methoxy groups -OCH3 is 1. The van der Waals surface area contributed by atoms with Crippen LogP contribution >= 0.6 is 0 Å². The molecule has 258 valence electrons. The molecule has 2 unspecified atom stereocenters. The highest BCUT2D eigenvalue weighted by atomic mass is 28.4. The number of carbonyl (C=O) groups is 2. The van der Waals surface area contributed by atoms with Crippen LogP contribution in [0.4, 0.5) is 8.78 Å². The van der Waals surface area contributed by atoms with Crippen molar-refractivity contribution in [2.45, 2.75) is 117 Å². The third-order valence-electron chi connectivity index (χ3n) is 9.34. The fourth-order valence-corrected chi connectivity index (χ4v) is 6.71. The Morgan fingerprint density at radius 2 is 1.76 bits per heavy atom. The lowest BCUT2D eigenvalue weighted by molar-refractivity contribution is -0.143. The van der Waals surface area contributed by atoms with E-state index in [2.05, 4.69) is 33.9 Å². The number of halogens is 2. The maximum absolute atomic E-state index is 15.5. The number of carbonyl (C=O) groups excluding carboxylic acids is 1. The van der Waals surface area contributed by atoms with Gasteiger partial charge in [0.05, 0.1) is 25.7 Å². The largest absolute Gasteiger partial charge is 0.497 e. The molecule has 9 heteroatoms. The van der Waals surface area contributed by atoms with E-state index in [9.17, 15) is 14.7 Å². The normalized spacial score (nSPS) is 21.2. The van der Waals surface area contributed by atoms with Crippen LogP contribution in [0.2, 0.25) is 18.1 Å². The average molecular weight is 663 g/mol. The number of aliphatic carboxylic acids is 1. The molecule has 1 aliphatic carbocycles. The molecule has 0 saturated heterocycles. The molecule has 0 aromatic heterocycles. The van der Waals surface area contributed by atoms with Crippen LogP contribution in [0.5, 0.6) is 5.75 Å². The van der Waals surface area contributed by atoms with Crippen LogP contribution in [-0.4, -0.2) is 50.4 Å². The van der Waals surface area contributed by atoms with E-state index < -0.39 is 50.2 Å². The number of ether oxygens (including phenoxy) is 2. The van der Waals surface area contributed by atoms with Crippen molar-refractivity contribution in [2.24, 2.45) is 23.7 Å². The van der Waals surface area contributed by atoms with Crippen molar-refractivity contribution >= 4 is 20.1 Å². The summed E-state index contributed by atoms with van der Waals surface area (Å²) in [6.07, 6.45) is 9.51. The second-order valence-electron chi connectivity index (χ2n) is 14.2. The zero-order valence-corrected chi connectivity index (χ0v) is 30.2. The maximum atomic E-state index is 15.5. The molecule has 0 bridgehead atoms. The van der Waals surface area contributed by atoms with Crippen molar-refractivity contribution in [3.8, 4) is 5.75 Å². The van der Waals surface area contributed by atoms with Gasteiger partial charge in [-0.25, -0.2) is 0 Å². The van der Waals surface area contributed by atoms with Crippen LogP contribution in [0, 0.1) is 23.7 Å². The third-order valence-corrected chi connectivity index (χ3v) is 13.8. The lowest BCUT2D eigenvalue weighted by atomic mass is 9.89. The van der Waals surface area contributed by atoms with Gasteiger partial charge in [0.2, 0.25) is 0 Å². The summed E-state index contributed by atoms with van der Waals surface area (Å²) in [7, 11) is -0.724. The van der Waals surface area contributed by atoms with Gasteiger partial charge in [0.15, 0.2) is 8.32 Å². The molecule has 1 aromatic carbocycles. The molecule has 0 amide bonds. The highest BCUT2D eigenvalue weighted by Crippen LogP contribution is 2.43. The molecular weight excluding hydrogens is 606 g/mol. The van der Waals surface area contributed by atoms with Crippen LogP contribution in [0.3, 0.4) is 0 Å². The number of allylic oxidation sites excluding steroid dienone is 3. The lowest BCUT2D eigenvalue weighted by Gasteiger charge is -2.39. The monoisotopic (exact) mass is 662 g/mol. The first kappa shape index (κ1) is 39.6. The summed E-state index contributed by atoms with van der Waals surface area (Å²) in [6, 6.07) is 7.07. The molecule has 1 N–H and O–H groups in total. The number of benzene rings is 1. The molecule has 46 heavy (non-hydrogen) atoms. The first-order valence-corrected chi connectivity index (χ1v) is 19.4. The van der Waals surface area contributed by atoms with Gasteiger partial charge in [-0.15, -0.1) is 0 Å². The number of carboxylic acid groups (broad SMARTS) is 1. The van der Waals surface area contributed by atoms with Crippen LogP contribution < -0.4 is 4.74 Å². The molecule has 1 fully saturated rings. The summed E-state index contributed by atoms with van der Waals surface area (Å²) in [5.41, 5.74) is 0.732. The van der Waals surface area contributed by atoms with Crippen LogP contribution in [0.1, 0.15) is 79.2 Å². The van der Waals surface area contributed by atoms with Gasteiger partial charge >= 0.3 is 5.97 Å². The Hall–Kier alpha value is -2.62. The summed E-state index contributed by atoms with van der Waals surface area (Å²) in [4.78, 5) is 25.0. The molecule has 0 aliphatic heterocycles. The molecule has 6 nitrogen and oxygen atoms in total. The van der Waals surface area contributed by atoms with Crippen LogP contribution in [0.25, 0.3) is 0 Å². The topological polar surface area (TPSA) is 82.1 Å². The SMILES string of the molecule is CC/C=C/C(F)(F)C(/C=C/[C@H]1[C@H](O[Si](C)(C)C(C)(C)C)CC(=O)[C@@H]1C/C=C\CCC(C(=O)O)C(C)C)OCc1ccc(OC)cc1. The Morgan fingerprint density at radius 3 is 2.30 bits per heavy atom. The van der Waals surface area contributed by atoms with E-state index >= 15 is 8.78 Å². The van der Waals surface area contributed by atoms with E-state index in [0.29, 0.717) is 31.4 Å². The molecule has 0 spiro atoms. The van der Waals surface area contributed by atoms with E-state index in [1.807, 2.05) is 26.0 Å². The summed E-state index contributed by atoms with van der Waals surface area (Å²) < 4.78 is 48.8. The maximum Gasteiger partial charge on any atom is 0.306 e. The predicted octanol–water partition coefficient (Wildman–Crippen LogP) is 9.42. The second kappa shape index (κ2) is 17.5. The second-order valence-corrected chi connectivity index (χ2v) is 19.0. The quantitative estimate of drug-likeness (QED) is 0.125. The van der Waals surface area contributed by atoms with Crippen molar-refractivity contribution in [3.63, 3.8) is 0 Å². The molecule has 0 heterocycles. The van der Waals surface area contributed by atoms with Gasteiger partial charge in [-0.05, 0) is 73.5 Å². The van der Waals surface area contributed by atoms with Crippen molar-refractivity contribution in [1.82, 2.24) is 0 Å².